The summed E-state index contributed by atoms with van der Waals surface area (Å²) in [6.07, 6.45) is 0.643. The van der Waals surface area contributed by atoms with Crippen LogP contribution < -0.4 is 9.46 Å². The molecule has 1 N–H and O–H groups in total. The van der Waals surface area contributed by atoms with Gasteiger partial charge in [0, 0.05) is 31.1 Å². The molecular weight excluding hydrogens is 454 g/mol. The molecule has 178 valence electrons. The SMILES string of the molecule is COc1ccc([C@H]2C[C@H](NS(=O)(=O)c3ccc(F)cc3F)C[C@@H]2C(=O)N2CCOCC2)cc1. The minimum absolute atomic E-state index is 0.0474. The Morgan fingerprint density at radius 2 is 1.79 bits per heavy atom. The van der Waals surface area contributed by atoms with Gasteiger partial charge in [-0.2, -0.15) is 0 Å². The Labute approximate surface area is 191 Å². The fraction of sp³-hybridized carbons (Fsp3) is 0.435. The van der Waals surface area contributed by atoms with Crippen molar-refractivity contribution in [1.29, 1.82) is 0 Å². The molecule has 1 aliphatic carbocycles. The molecule has 2 aliphatic rings. The summed E-state index contributed by atoms with van der Waals surface area (Å²) in [5.41, 5.74) is 0.900. The van der Waals surface area contributed by atoms with E-state index in [1.807, 2.05) is 12.1 Å². The number of sulfonamides is 1. The van der Waals surface area contributed by atoms with Crippen molar-refractivity contribution in [3.05, 3.63) is 59.7 Å². The first-order chi connectivity index (χ1) is 15.8. The van der Waals surface area contributed by atoms with E-state index < -0.39 is 38.5 Å². The van der Waals surface area contributed by atoms with Gasteiger partial charge in [-0.15, -0.1) is 0 Å². The molecule has 2 aromatic carbocycles. The molecule has 33 heavy (non-hydrogen) atoms. The average molecular weight is 481 g/mol. The Hall–Kier alpha value is -2.56. The number of hydrogen-bond acceptors (Lipinski definition) is 5. The van der Waals surface area contributed by atoms with E-state index in [9.17, 15) is 22.0 Å². The van der Waals surface area contributed by atoms with Gasteiger partial charge < -0.3 is 14.4 Å². The zero-order valence-corrected chi connectivity index (χ0v) is 19.0. The average Bonchev–Trinajstić information content (AvgIpc) is 3.21. The molecule has 1 saturated carbocycles. The number of halogens is 2. The fourth-order valence-corrected chi connectivity index (χ4v) is 5.94. The minimum Gasteiger partial charge on any atom is -0.497 e. The van der Waals surface area contributed by atoms with Crippen LogP contribution in [0.5, 0.6) is 5.75 Å². The van der Waals surface area contributed by atoms with Crippen LogP contribution >= 0.6 is 0 Å². The molecule has 7 nitrogen and oxygen atoms in total. The van der Waals surface area contributed by atoms with Crippen LogP contribution in [0, 0.1) is 17.6 Å². The summed E-state index contributed by atoms with van der Waals surface area (Å²) >= 11 is 0. The van der Waals surface area contributed by atoms with Gasteiger partial charge in [0.1, 0.15) is 22.3 Å². The first kappa shape index (κ1) is 23.6. The van der Waals surface area contributed by atoms with Crippen LogP contribution in [0.25, 0.3) is 0 Å². The van der Waals surface area contributed by atoms with Crippen LogP contribution in [0.15, 0.2) is 47.4 Å². The molecular formula is C23H26F2N2O5S. The maximum atomic E-state index is 14.1. The Kier molecular flexibility index (Phi) is 6.96. The highest BCUT2D eigenvalue weighted by molar-refractivity contribution is 7.89. The Morgan fingerprint density at radius 3 is 2.42 bits per heavy atom. The van der Waals surface area contributed by atoms with E-state index >= 15 is 0 Å². The maximum Gasteiger partial charge on any atom is 0.243 e. The molecule has 1 heterocycles. The van der Waals surface area contributed by atoms with E-state index in [0.717, 1.165) is 17.7 Å². The minimum atomic E-state index is -4.24. The lowest BCUT2D eigenvalue weighted by Crippen LogP contribution is -2.44. The van der Waals surface area contributed by atoms with Gasteiger partial charge in [0.25, 0.3) is 0 Å². The van der Waals surface area contributed by atoms with Gasteiger partial charge in [-0.1, -0.05) is 12.1 Å². The lowest BCUT2D eigenvalue weighted by Gasteiger charge is -2.31. The maximum absolute atomic E-state index is 14.1. The molecule has 4 rings (SSSR count). The molecule has 2 aromatic rings. The zero-order valence-electron chi connectivity index (χ0n) is 18.2. The molecule has 1 saturated heterocycles. The lowest BCUT2D eigenvalue weighted by atomic mass is 9.88. The van der Waals surface area contributed by atoms with Crippen LogP contribution in [-0.2, 0) is 19.6 Å². The quantitative estimate of drug-likeness (QED) is 0.687. The van der Waals surface area contributed by atoms with E-state index in [2.05, 4.69) is 4.72 Å². The van der Waals surface area contributed by atoms with Crippen molar-refractivity contribution < 1.29 is 31.5 Å². The van der Waals surface area contributed by atoms with Crippen molar-refractivity contribution in [1.82, 2.24) is 9.62 Å². The van der Waals surface area contributed by atoms with Gasteiger partial charge in [-0.3, -0.25) is 4.79 Å². The number of nitrogens with one attached hydrogen (secondary N) is 1. The van der Waals surface area contributed by atoms with E-state index in [4.69, 9.17) is 9.47 Å². The van der Waals surface area contributed by atoms with Crippen molar-refractivity contribution in [2.24, 2.45) is 5.92 Å². The highest BCUT2D eigenvalue weighted by Gasteiger charge is 2.43. The van der Waals surface area contributed by atoms with Gasteiger partial charge in [0.05, 0.1) is 20.3 Å². The molecule has 1 aliphatic heterocycles. The third kappa shape index (κ3) is 5.18. The number of morpholine rings is 1. The second-order valence-corrected chi connectivity index (χ2v) is 9.97. The summed E-state index contributed by atoms with van der Waals surface area (Å²) < 4.78 is 66.1. The van der Waals surface area contributed by atoms with Crippen molar-refractivity contribution in [3.63, 3.8) is 0 Å². The summed E-state index contributed by atoms with van der Waals surface area (Å²) in [4.78, 5) is 14.5. The number of carbonyl (C=O) groups excluding carboxylic acids is 1. The molecule has 0 unspecified atom stereocenters. The van der Waals surface area contributed by atoms with E-state index in [0.29, 0.717) is 44.5 Å². The second-order valence-electron chi connectivity index (χ2n) is 8.29. The molecule has 0 bridgehead atoms. The number of benzene rings is 2. The van der Waals surface area contributed by atoms with Gasteiger partial charge in [0.2, 0.25) is 15.9 Å². The third-order valence-electron chi connectivity index (χ3n) is 6.25. The molecule has 2 fully saturated rings. The van der Waals surface area contributed by atoms with Crippen molar-refractivity contribution >= 4 is 15.9 Å². The highest BCUT2D eigenvalue weighted by atomic mass is 32.2. The van der Waals surface area contributed by atoms with Crippen LogP contribution in [0.4, 0.5) is 8.78 Å². The molecule has 0 radical (unpaired) electrons. The second kappa shape index (κ2) is 9.74. The smallest absolute Gasteiger partial charge is 0.243 e. The molecule has 3 atom stereocenters. The molecule has 1 amide bonds. The topological polar surface area (TPSA) is 84.9 Å². The number of carbonyl (C=O) groups is 1. The predicted molar refractivity (Wildman–Crippen MR) is 116 cm³/mol. The number of nitrogens with zero attached hydrogens (tertiary/aromatic N) is 1. The molecule has 0 aromatic heterocycles. The highest BCUT2D eigenvalue weighted by Crippen LogP contribution is 2.42. The number of rotatable bonds is 6. The predicted octanol–water partition coefficient (Wildman–Crippen LogP) is 2.67. The Bertz CT molecular complexity index is 1100. The van der Waals surface area contributed by atoms with Crippen molar-refractivity contribution in [2.45, 2.75) is 29.7 Å². The Balaban J connectivity index is 1.58. The number of hydrogen-bond donors (Lipinski definition) is 1. The monoisotopic (exact) mass is 480 g/mol. The van der Waals surface area contributed by atoms with Gasteiger partial charge in [0.15, 0.2) is 0 Å². The summed E-state index contributed by atoms with van der Waals surface area (Å²) in [5.74, 6) is -2.05. The van der Waals surface area contributed by atoms with Crippen LogP contribution in [0.2, 0.25) is 0 Å². The zero-order chi connectivity index (χ0) is 23.6. The summed E-state index contributed by atoms with van der Waals surface area (Å²) in [5, 5.41) is 0. The normalized spacial score (nSPS) is 23.5. The summed E-state index contributed by atoms with van der Waals surface area (Å²) in [6.45, 7) is 1.90. The van der Waals surface area contributed by atoms with Gasteiger partial charge >= 0.3 is 0 Å². The first-order valence-electron chi connectivity index (χ1n) is 10.8. The van der Waals surface area contributed by atoms with Crippen LogP contribution in [0.3, 0.4) is 0 Å². The lowest BCUT2D eigenvalue weighted by molar-refractivity contribution is -0.140. The summed E-state index contributed by atoms with van der Waals surface area (Å²) in [6, 6.07) is 9.11. The number of methoxy groups -OCH3 is 1. The first-order valence-corrected chi connectivity index (χ1v) is 12.2. The van der Waals surface area contributed by atoms with Gasteiger partial charge in [-0.05, 0) is 48.6 Å². The molecule has 10 heteroatoms. The number of amides is 1. The van der Waals surface area contributed by atoms with E-state index in [1.54, 1.807) is 24.1 Å². The standard InChI is InChI=1S/C23H26F2N2O5S/c1-31-18-5-2-15(3-6-18)19-13-17(14-20(19)23(28)27-8-10-32-11-9-27)26-33(29,30)22-7-4-16(24)12-21(22)25/h2-7,12,17,19-20,26H,8-11,13-14H2,1H3/t17-,19+,20-/m0/s1. The van der Waals surface area contributed by atoms with E-state index in [1.165, 1.54) is 0 Å². The van der Waals surface area contributed by atoms with Crippen LogP contribution in [-0.4, -0.2) is 58.7 Å². The Morgan fingerprint density at radius 1 is 1.09 bits per heavy atom. The van der Waals surface area contributed by atoms with Crippen molar-refractivity contribution in [3.8, 4) is 5.75 Å². The van der Waals surface area contributed by atoms with Crippen molar-refractivity contribution in [2.75, 3.05) is 33.4 Å². The fourth-order valence-electron chi connectivity index (χ4n) is 4.62. The molecule has 0 spiro atoms. The number of ether oxygens (including phenoxy) is 2. The third-order valence-corrected chi connectivity index (χ3v) is 7.81. The largest absolute Gasteiger partial charge is 0.497 e. The van der Waals surface area contributed by atoms with E-state index in [-0.39, 0.29) is 18.2 Å². The van der Waals surface area contributed by atoms with Crippen LogP contribution in [0.1, 0.15) is 24.3 Å². The summed E-state index contributed by atoms with van der Waals surface area (Å²) in [7, 11) is -2.67. The van der Waals surface area contributed by atoms with Gasteiger partial charge in [-0.25, -0.2) is 21.9 Å².